The summed E-state index contributed by atoms with van der Waals surface area (Å²) in [5.41, 5.74) is 10.3. The number of rotatable bonds is 5. The number of nitrogen functional groups attached to an aromatic ring is 1. The number of nitrogens with zero attached hydrogens (tertiary/aromatic N) is 7. The molecule has 3 aromatic heterocycles. The van der Waals surface area contributed by atoms with Gasteiger partial charge in [-0.05, 0) is 26.0 Å². The Balaban J connectivity index is 1.37. The van der Waals surface area contributed by atoms with Gasteiger partial charge in [-0.3, -0.25) is 9.58 Å². The molecule has 1 aliphatic heterocycles. The van der Waals surface area contributed by atoms with Crippen LogP contribution in [0.2, 0.25) is 0 Å². The topological polar surface area (TPSA) is 99.4 Å². The molecule has 2 N–H and O–H groups in total. The second kappa shape index (κ2) is 7.24. The Hall–Kier alpha value is -3.20. The summed E-state index contributed by atoms with van der Waals surface area (Å²) < 4.78 is 9.19. The number of aromatic nitrogens is 6. The molecule has 0 fully saturated rings. The van der Waals surface area contributed by atoms with Crippen LogP contribution in [0.1, 0.15) is 37.0 Å². The van der Waals surface area contributed by atoms with Gasteiger partial charge in [0.2, 0.25) is 5.95 Å². The predicted octanol–water partition coefficient (Wildman–Crippen LogP) is 2.25. The van der Waals surface area contributed by atoms with Gasteiger partial charge in [0.25, 0.3) is 0 Å². The largest absolute Gasteiger partial charge is 0.494 e. The fraction of sp³-hybridized carbons (Fsp3) is 0.429. The van der Waals surface area contributed by atoms with E-state index in [0.717, 1.165) is 43.7 Å². The number of nitrogens with two attached hydrogens (primary N) is 1. The minimum atomic E-state index is 0.310. The zero-order chi connectivity index (χ0) is 20.8. The van der Waals surface area contributed by atoms with Gasteiger partial charge in [-0.1, -0.05) is 6.07 Å². The van der Waals surface area contributed by atoms with Gasteiger partial charge in [0.1, 0.15) is 11.3 Å². The van der Waals surface area contributed by atoms with Gasteiger partial charge in [-0.15, -0.1) is 5.10 Å². The highest BCUT2D eigenvalue weighted by atomic mass is 16.5. The van der Waals surface area contributed by atoms with E-state index in [1.165, 1.54) is 11.3 Å². The van der Waals surface area contributed by atoms with E-state index in [0.29, 0.717) is 28.9 Å². The second-order valence-corrected chi connectivity index (χ2v) is 8.02. The van der Waals surface area contributed by atoms with Gasteiger partial charge in [0.15, 0.2) is 11.5 Å². The predicted molar refractivity (Wildman–Crippen MR) is 115 cm³/mol. The minimum absolute atomic E-state index is 0.310. The van der Waals surface area contributed by atoms with Gasteiger partial charge < -0.3 is 10.5 Å². The van der Waals surface area contributed by atoms with Crippen molar-refractivity contribution in [3.05, 3.63) is 41.5 Å². The van der Waals surface area contributed by atoms with Crippen LogP contribution in [0.5, 0.6) is 5.75 Å². The van der Waals surface area contributed by atoms with Crippen LogP contribution < -0.4 is 10.5 Å². The lowest BCUT2D eigenvalue weighted by Crippen LogP contribution is -2.33. The highest BCUT2D eigenvalue weighted by molar-refractivity contribution is 5.95. The average Bonchev–Trinajstić information content (AvgIpc) is 3.36. The number of methoxy groups -OCH3 is 1. The zero-order valence-corrected chi connectivity index (χ0v) is 17.5. The fourth-order valence-electron chi connectivity index (χ4n) is 4.25. The van der Waals surface area contributed by atoms with Crippen LogP contribution in [0.4, 0.5) is 5.95 Å². The Morgan fingerprint density at radius 1 is 1.23 bits per heavy atom. The van der Waals surface area contributed by atoms with Crippen molar-refractivity contribution in [2.24, 2.45) is 0 Å². The van der Waals surface area contributed by atoms with E-state index in [2.05, 4.69) is 38.6 Å². The van der Waals surface area contributed by atoms with E-state index in [4.69, 9.17) is 15.5 Å². The number of hydrogen-bond donors (Lipinski definition) is 1. The lowest BCUT2D eigenvalue weighted by Gasteiger charge is -2.27. The van der Waals surface area contributed by atoms with Crippen molar-refractivity contribution in [2.75, 3.05) is 25.9 Å². The molecular weight excluding hydrogens is 380 g/mol. The summed E-state index contributed by atoms with van der Waals surface area (Å²) in [5.74, 6) is 1.75. The highest BCUT2D eigenvalue weighted by Gasteiger charge is 2.22. The first kappa shape index (κ1) is 18.8. The lowest BCUT2D eigenvalue weighted by molar-refractivity contribution is 0.251. The second-order valence-electron chi connectivity index (χ2n) is 8.02. The van der Waals surface area contributed by atoms with Crippen LogP contribution in [0, 0.1) is 0 Å². The molecule has 5 rings (SSSR count). The summed E-state index contributed by atoms with van der Waals surface area (Å²) in [6.45, 7) is 7.17. The summed E-state index contributed by atoms with van der Waals surface area (Å²) >= 11 is 0. The summed E-state index contributed by atoms with van der Waals surface area (Å²) in [6.07, 6.45) is 3.78. The van der Waals surface area contributed by atoms with Gasteiger partial charge in [-0.25, -0.2) is 9.97 Å². The van der Waals surface area contributed by atoms with Crippen molar-refractivity contribution in [2.45, 2.75) is 39.3 Å². The first-order valence-electron chi connectivity index (χ1n) is 10.3. The summed E-state index contributed by atoms with van der Waals surface area (Å²) in [7, 11) is 1.63. The van der Waals surface area contributed by atoms with Gasteiger partial charge in [0, 0.05) is 55.2 Å². The smallest absolute Gasteiger partial charge is 0.223 e. The number of benzene rings is 1. The monoisotopic (exact) mass is 406 g/mol. The molecule has 1 aliphatic rings. The molecule has 0 saturated carbocycles. The molecule has 0 bridgehead atoms. The van der Waals surface area contributed by atoms with Crippen molar-refractivity contribution >= 4 is 22.5 Å². The minimum Gasteiger partial charge on any atom is -0.494 e. The van der Waals surface area contributed by atoms with Crippen LogP contribution in [0.15, 0.2) is 24.4 Å². The normalized spacial score (nSPS) is 14.7. The third-order valence-electron chi connectivity index (χ3n) is 5.74. The van der Waals surface area contributed by atoms with E-state index in [9.17, 15) is 0 Å². The molecule has 4 aromatic rings. The molecule has 0 aliphatic carbocycles. The van der Waals surface area contributed by atoms with Crippen LogP contribution in [-0.2, 0) is 19.4 Å². The molecule has 4 heterocycles. The molecule has 0 unspecified atom stereocenters. The van der Waals surface area contributed by atoms with E-state index < -0.39 is 0 Å². The summed E-state index contributed by atoms with van der Waals surface area (Å²) in [4.78, 5) is 11.7. The van der Waals surface area contributed by atoms with Crippen molar-refractivity contribution < 1.29 is 4.74 Å². The van der Waals surface area contributed by atoms with Crippen molar-refractivity contribution in [3.63, 3.8) is 0 Å². The van der Waals surface area contributed by atoms with E-state index in [1.807, 2.05) is 24.4 Å². The summed E-state index contributed by atoms with van der Waals surface area (Å²) in [6, 6.07) is 6.16. The number of ether oxygens (including phenoxy) is 1. The third kappa shape index (κ3) is 3.06. The van der Waals surface area contributed by atoms with Gasteiger partial charge in [0.05, 0.1) is 13.3 Å². The molecule has 0 amide bonds. The first-order chi connectivity index (χ1) is 14.5. The third-order valence-corrected chi connectivity index (χ3v) is 5.74. The maximum atomic E-state index is 6.15. The van der Waals surface area contributed by atoms with Gasteiger partial charge >= 0.3 is 0 Å². The first-order valence-corrected chi connectivity index (χ1v) is 10.3. The molecule has 0 radical (unpaired) electrons. The van der Waals surface area contributed by atoms with Crippen LogP contribution in [0.25, 0.3) is 16.6 Å². The zero-order valence-electron chi connectivity index (χ0n) is 17.5. The Morgan fingerprint density at radius 2 is 2.10 bits per heavy atom. The molecule has 0 spiro atoms. The van der Waals surface area contributed by atoms with E-state index >= 15 is 0 Å². The van der Waals surface area contributed by atoms with Crippen LogP contribution >= 0.6 is 0 Å². The maximum absolute atomic E-state index is 6.15. The highest BCUT2D eigenvalue weighted by Crippen LogP contribution is 2.27. The quantitative estimate of drug-likeness (QED) is 0.543. The molecule has 1 aromatic carbocycles. The van der Waals surface area contributed by atoms with Crippen LogP contribution in [-0.4, -0.2) is 54.5 Å². The molecule has 156 valence electrons. The van der Waals surface area contributed by atoms with Crippen molar-refractivity contribution in [3.8, 4) is 5.75 Å². The SMILES string of the molecule is COc1cccc2c1nc(N)n1nc(CCN3CCc4c(cnn4C(C)C)C3)nc21. The Labute approximate surface area is 174 Å². The molecule has 30 heavy (non-hydrogen) atoms. The Kier molecular flexibility index (Phi) is 4.54. The number of fused-ring (bicyclic) bond motifs is 4. The Morgan fingerprint density at radius 3 is 2.90 bits per heavy atom. The van der Waals surface area contributed by atoms with Crippen LogP contribution in [0.3, 0.4) is 0 Å². The van der Waals surface area contributed by atoms with E-state index in [1.54, 1.807) is 11.6 Å². The standard InChI is InChI=1S/C21H26N8O/c1-13(2)28-16-7-9-27(12-14(16)11-23-28)10-8-18-24-20-15-5-4-6-17(30-3)19(15)25-21(22)29(20)26-18/h4-6,11,13H,7-10,12H2,1-3H3,(H2,22,25). The molecule has 9 heteroatoms. The molecule has 0 atom stereocenters. The molecule has 0 saturated heterocycles. The van der Waals surface area contributed by atoms with Gasteiger partial charge in [-0.2, -0.15) is 9.61 Å². The Bertz CT molecular complexity index is 1220. The maximum Gasteiger partial charge on any atom is 0.223 e. The molecule has 9 nitrogen and oxygen atoms in total. The number of hydrogen-bond acceptors (Lipinski definition) is 7. The van der Waals surface area contributed by atoms with Crippen molar-refractivity contribution in [1.82, 2.24) is 34.3 Å². The number of anilines is 1. The fourth-order valence-corrected chi connectivity index (χ4v) is 4.25. The average molecular weight is 406 g/mol. The van der Waals surface area contributed by atoms with Crippen molar-refractivity contribution in [1.29, 1.82) is 0 Å². The lowest BCUT2D eigenvalue weighted by atomic mass is 10.1. The molecular formula is C21H26N8O. The summed E-state index contributed by atoms with van der Waals surface area (Å²) in [5, 5.41) is 10.1. The van der Waals surface area contributed by atoms with E-state index in [-0.39, 0.29) is 0 Å². The number of para-hydroxylation sites is 1.